The highest BCUT2D eigenvalue weighted by molar-refractivity contribution is 9.10. The fraction of sp³-hybridized carbons (Fsp3) is 0.200. The van der Waals surface area contributed by atoms with E-state index in [-0.39, 0.29) is 17.2 Å². The highest BCUT2D eigenvalue weighted by atomic mass is 79.9. The summed E-state index contributed by atoms with van der Waals surface area (Å²) in [5.74, 6) is -0.175. The number of nitrogens with one attached hydrogen (secondary N) is 1. The number of amides is 1. The molecule has 1 amide bonds. The topological polar surface area (TPSA) is 92.8 Å². The van der Waals surface area contributed by atoms with Crippen molar-refractivity contribution in [3.8, 4) is 5.75 Å². The lowest BCUT2D eigenvalue weighted by Gasteiger charge is -2.24. The second-order valence-electron chi connectivity index (χ2n) is 7.82. The van der Waals surface area contributed by atoms with Crippen molar-refractivity contribution in [2.24, 2.45) is 0 Å². The number of halogens is 1. The normalized spacial score (nSPS) is 16.2. The summed E-state index contributed by atoms with van der Waals surface area (Å²) in [6.45, 7) is 0.239. The summed E-state index contributed by atoms with van der Waals surface area (Å²) in [5, 5.41) is 2.80. The van der Waals surface area contributed by atoms with Crippen LogP contribution in [0, 0.1) is 0 Å². The number of hydrogen-bond donors (Lipinski definition) is 1. The van der Waals surface area contributed by atoms with E-state index in [0.717, 1.165) is 0 Å². The lowest BCUT2D eigenvalue weighted by atomic mass is 10.0. The first kappa shape index (κ1) is 24.1. The standard InChI is InChI=1S/C25H23BrN2O5S/c1-33-19-10-12-20(13-11-19)34(31,32)28-15-5-8-23(28)25(30)27-22-14-9-18(26)16-21(22)24(29)17-6-3-2-4-7-17/h2-4,6-7,9-14,16,23H,5,8,15H2,1H3,(H,27,30). The minimum atomic E-state index is -3.88. The summed E-state index contributed by atoms with van der Waals surface area (Å²) in [7, 11) is -2.38. The second kappa shape index (κ2) is 10.1. The van der Waals surface area contributed by atoms with Gasteiger partial charge in [-0.25, -0.2) is 8.42 Å². The largest absolute Gasteiger partial charge is 0.497 e. The maximum atomic E-state index is 13.3. The second-order valence-corrected chi connectivity index (χ2v) is 10.6. The summed E-state index contributed by atoms with van der Waals surface area (Å²) in [6.07, 6.45) is 0.948. The Balaban J connectivity index is 1.59. The Labute approximate surface area is 206 Å². The van der Waals surface area contributed by atoms with Gasteiger partial charge >= 0.3 is 0 Å². The zero-order chi connectivity index (χ0) is 24.3. The molecule has 176 valence electrons. The number of ether oxygens (including phenoxy) is 1. The average molecular weight is 543 g/mol. The van der Waals surface area contributed by atoms with Crippen molar-refractivity contribution in [2.75, 3.05) is 19.0 Å². The van der Waals surface area contributed by atoms with Gasteiger partial charge in [-0.1, -0.05) is 46.3 Å². The number of anilines is 1. The molecule has 3 aromatic rings. The van der Waals surface area contributed by atoms with Crippen molar-refractivity contribution in [3.63, 3.8) is 0 Å². The van der Waals surface area contributed by atoms with Crippen LogP contribution in [0.2, 0.25) is 0 Å². The zero-order valence-corrected chi connectivity index (χ0v) is 20.8. The van der Waals surface area contributed by atoms with Crippen LogP contribution in [-0.2, 0) is 14.8 Å². The number of sulfonamides is 1. The fourth-order valence-corrected chi connectivity index (χ4v) is 5.96. The summed E-state index contributed by atoms with van der Waals surface area (Å²) in [6, 6.07) is 19.0. The first-order valence-corrected chi connectivity index (χ1v) is 12.9. The monoisotopic (exact) mass is 542 g/mol. The Bertz CT molecular complexity index is 1310. The van der Waals surface area contributed by atoms with Crippen LogP contribution < -0.4 is 10.1 Å². The molecule has 0 spiro atoms. The van der Waals surface area contributed by atoms with Crippen LogP contribution >= 0.6 is 15.9 Å². The quantitative estimate of drug-likeness (QED) is 0.444. The Morgan fingerprint density at radius 3 is 2.41 bits per heavy atom. The van der Waals surface area contributed by atoms with E-state index >= 15 is 0 Å². The molecule has 1 saturated heterocycles. The number of carbonyl (C=O) groups excluding carboxylic acids is 2. The van der Waals surface area contributed by atoms with E-state index in [9.17, 15) is 18.0 Å². The average Bonchev–Trinajstić information content (AvgIpc) is 3.36. The van der Waals surface area contributed by atoms with E-state index in [4.69, 9.17) is 4.74 Å². The van der Waals surface area contributed by atoms with Crippen LogP contribution in [0.3, 0.4) is 0 Å². The highest BCUT2D eigenvalue weighted by Gasteiger charge is 2.39. The van der Waals surface area contributed by atoms with Gasteiger partial charge in [-0.05, 0) is 55.3 Å². The maximum absolute atomic E-state index is 13.3. The molecule has 0 saturated carbocycles. The zero-order valence-electron chi connectivity index (χ0n) is 18.4. The van der Waals surface area contributed by atoms with Gasteiger partial charge in [-0.3, -0.25) is 9.59 Å². The minimum absolute atomic E-state index is 0.0941. The number of carbonyl (C=O) groups is 2. The van der Waals surface area contributed by atoms with Crippen molar-refractivity contribution in [1.29, 1.82) is 0 Å². The number of hydrogen-bond acceptors (Lipinski definition) is 5. The molecule has 1 heterocycles. The smallest absolute Gasteiger partial charge is 0.243 e. The molecule has 0 bridgehead atoms. The first-order valence-electron chi connectivity index (χ1n) is 10.7. The number of rotatable bonds is 7. The van der Waals surface area contributed by atoms with Gasteiger partial charge in [0, 0.05) is 22.1 Å². The predicted octanol–water partition coefficient (Wildman–Crippen LogP) is 4.48. The molecule has 3 aromatic carbocycles. The molecule has 1 N–H and O–H groups in total. The van der Waals surface area contributed by atoms with Crippen LogP contribution in [0.15, 0.2) is 82.2 Å². The van der Waals surface area contributed by atoms with Gasteiger partial charge in [0.15, 0.2) is 5.78 Å². The maximum Gasteiger partial charge on any atom is 0.243 e. The Morgan fingerprint density at radius 2 is 1.74 bits per heavy atom. The summed E-state index contributed by atoms with van der Waals surface area (Å²) in [5.41, 5.74) is 1.13. The van der Waals surface area contributed by atoms with Gasteiger partial charge in [-0.2, -0.15) is 4.31 Å². The molecule has 0 radical (unpaired) electrons. The van der Waals surface area contributed by atoms with Gasteiger partial charge in [0.2, 0.25) is 15.9 Å². The molecule has 0 aromatic heterocycles. The van der Waals surface area contributed by atoms with Crippen LogP contribution in [0.1, 0.15) is 28.8 Å². The van der Waals surface area contributed by atoms with E-state index in [0.29, 0.717) is 39.9 Å². The van der Waals surface area contributed by atoms with Crippen LogP contribution in [0.25, 0.3) is 0 Å². The fourth-order valence-electron chi connectivity index (χ4n) is 3.95. The number of methoxy groups -OCH3 is 1. The van der Waals surface area contributed by atoms with E-state index in [1.807, 2.05) is 6.07 Å². The molecule has 34 heavy (non-hydrogen) atoms. The number of benzene rings is 3. The third-order valence-corrected chi connectivity index (χ3v) is 8.11. The van der Waals surface area contributed by atoms with Gasteiger partial charge in [0.05, 0.1) is 17.7 Å². The molecule has 4 rings (SSSR count). The van der Waals surface area contributed by atoms with Crippen LogP contribution in [0.5, 0.6) is 5.75 Å². The van der Waals surface area contributed by atoms with E-state index < -0.39 is 22.0 Å². The highest BCUT2D eigenvalue weighted by Crippen LogP contribution is 2.29. The Morgan fingerprint density at radius 1 is 1.03 bits per heavy atom. The van der Waals surface area contributed by atoms with Crippen LogP contribution in [0.4, 0.5) is 5.69 Å². The Hall–Kier alpha value is -3.01. The molecule has 9 heteroatoms. The third-order valence-electron chi connectivity index (χ3n) is 5.69. The molecular formula is C25H23BrN2O5S. The van der Waals surface area contributed by atoms with Crippen molar-refractivity contribution in [1.82, 2.24) is 4.31 Å². The third kappa shape index (κ3) is 4.91. The molecule has 0 aliphatic carbocycles. The lowest BCUT2D eigenvalue weighted by molar-refractivity contribution is -0.119. The number of ketones is 1. The van der Waals surface area contributed by atoms with Crippen LogP contribution in [-0.4, -0.2) is 44.1 Å². The van der Waals surface area contributed by atoms with E-state index in [2.05, 4.69) is 21.2 Å². The minimum Gasteiger partial charge on any atom is -0.497 e. The molecular weight excluding hydrogens is 520 g/mol. The first-order chi connectivity index (χ1) is 16.3. The van der Waals surface area contributed by atoms with E-state index in [1.165, 1.54) is 23.5 Å². The molecule has 1 atom stereocenters. The predicted molar refractivity (Wildman–Crippen MR) is 133 cm³/mol. The van der Waals surface area contributed by atoms with Gasteiger partial charge < -0.3 is 10.1 Å². The summed E-state index contributed by atoms with van der Waals surface area (Å²) < 4.78 is 33.5. The Kier molecular flexibility index (Phi) is 7.16. The SMILES string of the molecule is COc1ccc(S(=O)(=O)N2CCCC2C(=O)Nc2ccc(Br)cc2C(=O)c2ccccc2)cc1. The molecule has 1 unspecified atom stereocenters. The van der Waals surface area contributed by atoms with Crippen molar-refractivity contribution in [2.45, 2.75) is 23.8 Å². The van der Waals surface area contributed by atoms with Gasteiger partial charge in [0.25, 0.3) is 0 Å². The summed E-state index contributed by atoms with van der Waals surface area (Å²) in [4.78, 5) is 26.4. The van der Waals surface area contributed by atoms with Gasteiger partial charge in [0.1, 0.15) is 11.8 Å². The molecule has 7 nitrogen and oxygen atoms in total. The molecule has 1 aliphatic rings. The van der Waals surface area contributed by atoms with Crippen molar-refractivity contribution in [3.05, 3.63) is 88.4 Å². The molecule has 1 fully saturated rings. The van der Waals surface area contributed by atoms with Gasteiger partial charge in [-0.15, -0.1) is 0 Å². The lowest BCUT2D eigenvalue weighted by Crippen LogP contribution is -2.43. The summed E-state index contributed by atoms with van der Waals surface area (Å²) >= 11 is 3.38. The molecule has 1 aliphatic heterocycles. The van der Waals surface area contributed by atoms with E-state index in [1.54, 1.807) is 54.6 Å². The van der Waals surface area contributed by atoms with Crippen molar-refractivity contribution < 1.29 is 22.7 Å². The number of nitrogens with zero attached hydrogens (tertiary/aromatic N) is 1. The van der Waals surface area contributed by atoms with Crippen molar-refractivity contribution >= 4 is 43.3 Å².